The number of amides is 1. The first kappa shape index (κ1) is 15.8. The van der Waals surface area contributed by atoms with Gasteiger partial charge in [0.1, 0.15) is 5.75 Å². The first-order valence-corrected chi connectivity index (χ1v) is 7.48. The fourth-order valence-electron chi connectivity index (χ4n) is 1.59. The second-order valence-corrected chi connectivity index (χ2v) is 5.70. The number of carbonyl (C=O) groups is 1. The first-order valence-electron chi connectivity index (χ1n) is 6.02. The Morgan fingerprint density at radius 2 is 2.00 bits per heavy atom. The van der Waals surface area contributed by atoms with E-state index in [4.69, 9.17) is 16.3 Å². The fourth-order valence-corrected chi connectivity index (χ4v) is 2.48. The van der Waals surface area contributed by atoms with Crippen LogP contribution in [0.5, 0.6) is 5.75 Å². The van der Waals surface area contributed by atoms with Crippen LogP contribution in [0, 0.1) is 3.57 Å². The van der Waals surface area contributed by atoms with E-state index in [2.05, 4.69) is 33.1 Å². The van der Waals surface area contributed by atoms with E-state index in [1.54, 1.807) is 37.6 Å². The van der Waals surface area contributed by atoms with Crippen molar-refractivity contribution in [1.82, 2.24) is 5.43 Å². The summed E-state index contributed by atoms with van der Waals surface area (Å²) in [6.07, 6.45) is 1.58. The number of ether oxygens (including phenoxy) is 1. The number of halogens is 2. The minimum atomic E-state index is -0.286. The van der Waals surface area contributed by atoms with Crippen molar-refractivity contribution < 1.29 is 9.53 Å². The van der Waals surface area contributed by atoms with Gasteiger partial charge >= 0.3 is 0 Å². The summed E-state index contributed by atoms with van der Waals surface area (Å²) in [5, 5.41) is 4.52. The number of carbonyl (C=O) groups excluding carboxylic acids is 1. The lowest BCUT2D eigenvalue weighted by Gasteiger charge is -2.03. The van der Waals surface area contributed by atoms with Gasteiger partial charge in [-0.2, -0.15) is 5.10 Å². The van der Waals surface area contributed by atoms with Crippen LogP contribution >= 0.6 is 34.2 Å². The van der Waals surface area contributed by atoms with Crippen molar-refractivity contribution >= 4 is 46.3 Å². The Morgan fingerprint density at radius 1 is 1.29 bits per heavy atom. The Balaban J connectivity index is 2.00. The van der Waals surface area contributed by atoms with Crippen LogP contribution in [0.25, 0.3) is 0 Å². The van der Waals surface area contributed by atoms with Crippen LogP contribution < -0.4 is 10.2 Å². The summed E-state index contributed by atoms with van der Waals surface area (Å²) in [5.74, 6) is 0.518. The number of hydrogen-bond donors (Lipinski definition) is 1. The smallest absolute Gasteiger partial charge is 0.271 e. The van der Waals surface area contributed by atoms with E-state index in [1.165, 1.54) is 0 Å². The molecule has 2 rings (SSSR count). The van der Waals surface area contributed by atoms with Crippen LogP contribution in [0.4, 0.5) is 0 Å². The zero-order valence-electron chi connectivity index (χ0n) is 11.1. The molecule has 0 bridgehead atoms. The summed E-state index contributed by atoms with van der Waals surface area (Å²) in [5.41, 5.74) is 3.84. The molecule has 6 heteroatoms. The molecule has 0 radical (unpaired) electrons. The summed E-state index contributed by atoms with van der Waals surface area (Å²) >= 11 is 7.94. The number of benzene rings is 2. The van der Waals surface area contributed by atoms with Crippen molar-refractivity contribution in [2.75, 3.05) is 7.11 Å². The molecule has 0 aliphatic rings. The van der Waals surface area contributed by atoms with E-state index in [-0.39, 0.29) is 5.91 Å². The average Bonchev–Trinajstić information content (AvgIpc) is 2.48. The van der Waals surface area contributed by atoms with Crippen molar-refractivity contribution in [3.63, 3.8) is 0 Å². The molecule has 4 nitrogen and oxygen atoms in total. The molecule has 0 aliphatic carbocycles. The monoisotopic (exact) mass is 414 g/mol. The number of hydrogen-bond acceptors (Lipinski definition) is 3. The molecule has 0 heterocycles. The molecule has 0 fully saturated rings. The Hall–Kier alpha value is -1.60. The van der Waals surface area contributed by atoms with Gasteiger partial charge in [0.2, 0.25) is 0 Å². The number of hydrazone groups is 1. The highest BCUT2D eigenvalue weighted by Gasteiger charge is 2.03. The Labute approximate surface area is 141 Å². The largest absolute Gasteiger partial charge is 0.496 e. The van der Waals surface area contributed by atoms with Gasteiger partial charge in [0.05, 0.1) is 16.9 Å². The molecule has 0 unspecified atom stereocenters. The van der Waals surface area contributed by atoms with Crippen LogP contribution in [-0.2, 0) is 0 Å². The summed E-state index contributed by atoms with van der Waals surface area (Å²) < 4.78 is 6.15. The third-order valence-corrected chi connectivity index (χ3v) is 3.76. The second kappa shape index (κ2) is 7.42. The van der Waals surface area contributed by atoms with Crippen LogP contribution in [0.1, 0.15) is 15.9 Å². The van der Waals surface area contributed by atoms with Crippen molar-refractivity contribution in [3.8, 4) is 5.75 Å². The number of nitrogens with one attached hydrogen (secondary N) is 1. The van der Waals surface area contributed by atoms with Gasteiger partial charge in [-0.15, -0.1) is 0 Å². The molecule has 21 heavy (non-hydrogen) atoms. The van der Waals surface area contributed by atoms with Gasteiger partial charge in [0, 0.05) is 10.6 Å². The number of methoxy groups -OCH3 is 1. The topological polar surface area (TPSA) is 50.7 Å². The predicted molar refractivity (Wildman–Crippen MR) is 92.2 cm³/mol. The SMILES string of the molecule is COc1ccc(C=NNC(=O)c2ccc(Cl)cc2)cc1I. The normalized spacial score (nSPS) is 10.6. The maximum atomic E-state index is 11.8. The molecule has 0 saturated heterocycles. The molecule has 2 aromatic rings. The summed E-state index contributed by atoms with van der Waals surface area (Å²) in [4.78, 5) is 11.8. The molecule has 108 valence electrons. The fraction of sp³-hybridized carbons (Fsp3) is 0.0667. The van der Waals surface area contributed by atoms with Gasteiger partial charge in [-0.3, -0.25) is 4.79 Å². The van der Waals surface area contributed by atoms with Crippen molar-refractivity contribution in [2.45, 2.75) is 0 Å². The van der Waals surface area contributed by atoms with Crippen LogP contribution in [0.2, 0.25) is 5.02 Å². The molecule has 2 aromatic carbocycles. The summed E-state index contributed by atoms with van der Waals surface area (Å²) in [6, 6.07) is 12.2. The second-order valence-electron chi connectivity index (χ2n) is 4.10. The van der Waals surface area contributed by atoms with E-state index >= 15 is 0 Å². The van der Waals surface area contributed by atoms with E-state index in [0.29, 0.717) is 10.6 Å². The Bertz CT molecular complexity index is 672. The van der Waals surface area contributed by atoms with Crippen molar-refractivity contribution in [1.29, 1.82) is 0 Å². The minimum Gasteiger partial charge on any atom is -0.496 e. The highest BCUT2D eigenvalue weighted by molar-refractivity contribution is 14.1. The third-order valence-electron chi connectivity index (χ3n) is 2.66. The lowest BCUT2D eigenvalue weighted by Crippen LogP contribution is -2.17. The molecule has 0 aliphatic heterocycles. The van der Waals surface area contributed by atoms with Crippen LogP contribution in [-0.4, -0.2) is 19.2 Å². The molecular formula is C15H12ClIN2O2. The van der Waals surface area contributed by atoms with Gasteiger partial charge in [0.25, 0.3) is 5.91 Å². The van der Waals surface area contributed by atoms with Gasteiger partial charge in [0.15, 0.2) is 0 Å². The van der Waals surface area contributed by atoms with Gasteiger partial charge in [-0.05, 0) is 70.6 Å². The quantitative estimate of drug-likeness (QED) is 0.471. The number of nitrogens with zero attached hydrogens (tertiary/aromatic N) is 1. The summed E-state index contributed by atoms with van der Waals surface area (Å²) in [7, 11) is 1.62. The molecule has 0 spiro atoms. The van der Waals surface area contributed by atoms with Gasteiger partial charge in [-0.1, -0.05) is 11.6 Å². The zero-order valence-corrected chi connectivity index (χ0v) is 14.1. The van der Waals surface area contributed by atoms with Gasteiger partial charge < -0.3 is 4.74 Å². The third kappa shape index (κ3) is 4.44. The van der Waals surface area contributed by atoms with E-state index in [1.807, 2.05) is 18.2 Å². The van der Waals surface area contributed by atoms with Crippen molar-refractivity contribution in [3.05, 3.63) is 62.2 Å². The molecule has 1 amide bonds. The molecule has 0 saturated carbocycles. The lowest BCUT2D eigenvalue weighted by atomic mass is 10.2. The van der Waals surface area contributed by atoms with E-state index in [0.717, 1.165) is 14.9 Å². The van der Waals surface area contributed by atoms with Crippen molar-refractivity contribution in [2.24, 2.45) is 5.10 Å². The average molecular weight is 415 g/mol. The Kier molecular flexibility index (Phi) is 5.58. The minimum absolute atomic E-state index is 0.286. The predicted octanol–water partition coefficient (Wildman–Crippen LogP) is 3.72. The maximum absolute atomic E-state index is 11.8. The maximum Gasteiger partial charge on any atom is 0.271 e. The van der Waals surface area contributed by atoms with Crippen LogP contribution in [0.15, 0.2) is 47.6 Å². The summed E-state index contributed by atoms with van der Waals surface area (Å²) in [6.45, 7) is 0. The molecular weight excluding hydrogens is 403 g/mol. The highest BCUT2D eigenvalue weighted by atomic mass is 127. The zero-order chi connectivity index (χ0) is 15.2. The molecule has 1 N–H and O–H groups in total. The van der Waals surface area contributed by atoms with Gasteiger partial charge in [-0.25, -0.2) is 5.43 Å². The van der Waals surface area contributed by atoms with E-state index < -0.39 is 0 Å². The standard InChI is InChI=1S/C15H12ClIN2O2/c1-21-14-7-2-10(8-13(14)17)9-18-19-15(20)11-3-5-12(16)6-4-11/h2-9H,1H3,(H,19,20). The van der Waals surface area contributed by atoms with Crippen LogP contribution in [0.3, 0.4) is 0 Å². The molecule has 0 atom stereocenters. The first-order chi connectivity index (χ1) is 10.1. The van der Waals surface area contributed by atoms with E-state index in [9.17, 15) is 4.79 Å². The lowest BCUT2D eigenvalue weighted by molar-refractivity contribution is 0.0955. The highest BCUT2D eigenvalue weighted by Crippen LogP contribution is 2.20. The number of rotatable bonds is 4. The Morgan fingerprint density at radius 3 is 2.62 bits per heavy atom. The molecule has 0 aromatic heterocycles.